The first-order chi connectivity index (χ1) is 7.58. The minimum absolute atomic E-state index is 0.0688. The summed E-state index contributed by atoms with van der Waals surface area (Å²) < 4.78 is 26.2. The maximum atomic E-state index is 13.3. The van der Waals surface area contributed by atoms with Gasteiger partial charge >= 0.3 is 5.97 Å². The molecule has 0 saturated heterocycles. The average Bonchev–Trinajstić information content (AvgIpc) is 3.02. The predicted octanol–water partition coefficient (Wildman–Crippen LogP) is 2.92. The molecule has 1 aromatic rings. The van der Waals surface area contributed by atoms with E-state index in [4.69, 9.17) is 5.11 Å². The van der Waals surface area contributed by atoms with Gasteiger partial charge in [-0.2, -0.15) is 0 Å². The minimum Gasteiger partial charge on any atom is -0.480 e. The van der Waals surface area contributed by atoms with Gasteiger partial charge in [0.1, 0.15) is 16.9 Å². The summed E-state index contributed by atoms with van der Waals surface area (Å²) in [6.45, 7) is 0. The van der Waals surface area contributed by atoms with Crippen LogP contribution in [0.15, 0.2) is 23.1 Å². The number of benzene rings is 1. The third-order valence-corrected chi connectivity index (χ3v) is 3.85. The molecule has 1 unspecified atom stereocenters. The Morgan fingerprint density at radius 3 is 2.69 bits per heavy atom. The second-order valence-electron chi connectivity index (χ2n) is 3.79. The van der Waals surface area contributed by atoms with Crippen LogP contribution >= 0.6 is 11.8 Å². The van der Waals surface area contributed by atoms with Gasteiger partial charge in [-0.15, -0.1) is 11.8 Å². The third-order valence-electron chi connectivity index (χ3n) is 2.44. The van der Waals surface area contributed by atoms with Crippen LogP contribution in [0.1, 0.15) is 12.8 Å². The van der Waals surface area contributed by atoms with Gasteiger partial charge in [-0.05, 0) is 37.0 Å². The molecule has 0 amide bonds. The van der Waals surface area contributed by atoms with Crippen molar-refractivity contribution in [2.45, 2.75) is 23.0 Å². The molecule has 0 spiro atoms. The molecule has 0 aromatic heterocycles. The molecule has 2 nitrogen and oxygen atoms in total. The van der Waals surface area contributed by atoms with Crippen molar-refractivity contribution in [1.82, 2.24) is 0 Å². The zero-order valence-electron chi connectivity index (χ0n) is 8.32. The summed E-state index contributed by atoms with van der Waals surface area (Å²) in [5, 5.41) is 8.30. The Labute approximate surface area is 95.7 Å². The summed E-state index contributed by atoms with van der Waals surface area (Å²) in [5.74, 6) is -2.00. The van der Waals surface area contributed by atoms with Crippen molar-refractivity contribution in [3.05, 3.63) is 29.8 Å². The van der Waals surface area contributed by atoms with E-state index >= 15 is 0 Å². The first-order valence-corrected chi connectivity index (χ1v) is 5.80. The van der Waals surface area contributed by atoms with Crippen molar-refractivity contribution in [3.63, 3.8) is 0 Å². The SMILES string of the molecule is O=C(O)C(Sc1cc(F)ccc1F)C1CC1. The predicted molar refractivity (Wildman–Crippen MR) is 56.4 cm³/mol. The van der Waals surface area contributed by atoms with E-state index in [9.17, 15) is 13.6 Å². The topological polar surface area (TPSA) is 37.3 Å². The van der Waals surface area contributed by atoms with Crippen LogP contribution in [0.4, 0.5) is 8.78 Å². The number of rotatable bonds is 4. The molecular formula is C11H10F2O2S. The van der Waals surface area contributed by atoms with Crippen LogP contribution in [-0.2, 0) is 4.79 Å². The van der Waals surface area contributed by atoms with Crippen molar-refractivity contribution in [1.29, 1.82) is 0 Å². The molecule has 0 radical (unpaired) electrons. The number of carboxylic acid groups (broad SMARTS) is 1. The Balaban J connectivity index is 2.17. The highest BCUT2D eigenvalue weighted by Gasteiger charge is 2.37. The summed E-state index contributed by atoms with van der Waals surface area (Å²) in [6, 6.07) is 3.08. The molecule has 1 N–H and O–H groups in total. The Kier molecular flexibility index (Phi) is 3.14. The zero-order chi connectivity index (χ0) is 11.7. The lowest BCUT2D eigenvalue weighted by Gasteiger charge is -2.11. The van der Waals surface area contributed by atoms with E-state index in [0.29, 0.717) is 0 Å². The van der Waals surface area contributed by atoms with Gasteiger partial charge in [0.05, 0.1) is 0 Å². The van der Waals surface area contributed by atoms with Crippen LogP contribution in [0.25, 0.3) is 0 Å². The quantitative estimate of drug-likeness (QED) is 0.827. The monoisotopic (exact) mass is 244 g/mol. The number of hydrogen-bond acceptors (Lipinski definition) is 2. The molecule has 1 aliphatic rings. The molecule has 1 aliphatic carbocycles. The van der Waals surface area contributed by atoms with Gasteiger partial charge in [0.15, 0.2) is 0 Å². The number of halogens is 2. The molecule has 1 fully saturated rings. The lowest BCUT2D eigenvalue weighted by atomic mass is 10.3. The van der Waals surface area contributed by atoms with Crippen molar-refractivity contribution in [3.8, 4) is 0 Å². The maximum absolute atomic E-state index is 13.3. The van der Waals surface area contributed by atoms with E-state index in [1.165, 1.54) is 0 Å². The molecule has 86 valence electrons. The van der Waals surface area contributed by atoms with Gasteiger partial charge < -0.3 is 5.11 Å². The van der Waals surface area contributed by atoms with Crippen LogP contribution in [-0.4, -0.2) is 16.3 Å². The van der Waals surface area contributed by atoms with Crippen molar-refractivity contribution >= 4 is 17.7 Å². The fraction of sp³-hybridized carbons (Fsp3) is 0.364. The second-order valence-corrected chi connectivity index (χ2v) is 4.97. The molecule has 0 heterocycles. The number of carboxylic acids is 1. The van der Waals surface area contributed by atoms with Gasteiger partial charge in [0.2, 0.25) is 0 Å². The molecule has 16 heavy (non-hydrogen) atoms. The molecule has 2 rings (SSSR count). The van der Waals surface area contributed by atoms with Crippen LogP contribution in [0.2, 0.25) is 0 Å². The number of hydrogen-bond donors (Lipinski definition) is 1. The van der Waals surface area contributed by atoms with E-state index in [1.54, 1.807) is 0 Å². The summed E-state index contributed by atoms with van der Waals surface area (Å²) in [4.78, 5) is 11.0. The van der Waals surface area contributed by atoms with E-state index in [0.717, 1.165) is 42.8 Å². The molecule has 0 aliphatic heterocycles. The smallest absolute Gasteiger partial charge is 0.317 e. The maximum Gasteiger partial charge on any atom is 0.317 e. The summed E-state index contributed by atoms with van der Waals surface area (Å²) in [5.41, 5.74) is 0. The van der Waals surface area contributed by atoms with Crippen LogP contribution < -0.4 is 0 Å². The Hall–Kier alpha value is -1.10. The van der Waals surface area contributed by atoms with Gasteiger partial charge in [-0.25, -0.2) is 8.78 Å². The lowest BCUT2D eigenvalue weighted by molar-refractivity contribution is -0.136. The Bertz CT molecular complexity index is 418. The second kappa shape index (κ2) is 4.41. The highest BCUT2D eigenvalue weighted by Crippen LogP contribution is 2.42. The summed E-state index contributed by atoms with van der Waals surface area (Å²) in [7, 11) is 0. The van der Waals surface area contributed by atoms with Crippen LogP contribution in [0.3, 0.4) is 0 Å². The van der Waals surface area contributed by atoms with Gasteiger partial charge in [0, 0.05) is 4.90 Å². The molecule has 1 saturated carbocycles. The highest BCUT2D eigenvalue weighted by molar-refractivity contribution is 8.00. The Morgan fingerprint density at radius 1 is 1.44 bits per heavy atom. The van der Waals surface area contributed by atoms with E-state index in [-0.39, 0.29) is 10.8 Å². The van der Waals surface area contributed by atoms with E-state index in [1.807, 2.05) is 0 Å². The van der Waals surface area contributed by atoms with Crippen LogP contribution in [0.5, 0.6) is 0 Å². The zero-order valence-corrected chi connectivity index (χ0v) is 9.14. The highest BCUT2D eigenvalue weighted by atomic mass is 32.2. The normalized spacial score (nSPS) is 17.1. The number of thioether (sulfide) groups is 1. The van der Waals surface area contributed by atoms with Gasteiger partial charge in [0.25, 0.3) is 0 Å². The molecule has 1 atom stereocenters. The third kappa shape index (κ3) is 2.52. The summed E-state index contributed by atoms with van der Waals surface area (Å²) in [6.07, 6.45) is 1.70. The standard InChI is InChI=1S/C11H10F2O2S/c12-7-3-4-8(13)9(5-7)16-10(11(14)15)6-1-2-6/h3-6,10H,1-2H2,(H,14,15). The van der Waals surface area contributed by atoms with Crippen molar-refractivity contribution in [2.24, 2.45) is 5.92 Å². The van der Waals surface area contributed by atoms with E-state index < -0.39 is 22.9 Å². The largest absolute Gasteiger partial charge is 0.480 e. The molecule has 0 bridgehead atoms. The number of aliphatic carboxylic acids is 1. The first kappa shape index (κ1) is 11.4. The van der Waals surface area contributed by atoms with Crippen LogP contribution in [0, 0.1) is 17.6 Å². The number of carbonyl (C=O) groups is 1. The molecule has 1 aromatic carbocycles. The fourth-order valence-electron chi connectivity index (χ4n) is 1.45. The Morgan fingerprint density at radius 2 is 2.12 bits per heavy atom. The first-order valence-electron chi connectivity index (χ1n) is 4.92. The van der Waals surface area contributed by atoms with Crippen molar-refractivity contribution < 1.29 is 18.7 Å². The molecular weight excluding hydrogens is 234 g/mol. The lowest BCUT2D eigenvalue weighted by Crippen LogP contribution is -2.18. The van der Waals surface area contributed by atoms with Gasteiger partial charge in [-0.1, -0.05) is 0 Å². The van der Waals surface area contributed by atoms with Crippen molar-refractivity contribution in [2.75, 3.05) is 0 Å². The average molecular weight is 244 g/mol. The van der Waals surface area contributed by atoms with E-state index in [2.05, 4.69) is 0 Å². The molecule has 5 heteroatoms. The summed E-state index contributed by atoms with van der Waals surface area (Å²) >= 11 is 0.894. The fourth-order valence-corrected chi connectivity index (χ4v) is 2.65. The van der Waals surface area contributed by atoms with Gasteiger partial charge in [-0.3, -0.25) is 4.79 Å². The minimum atomic E-state index is -0.962.